The third kappa shape index (κ3) is 3.65. The molecule has 6 heteroatoms. The highest BCUT2D eigenvalue weighted by Crippen LogP contribution is 2.17. The van der Waals surface area contributed by atoms with Crippen molar-refractivity contribution in [2.24, 2.45) is 0 Å². The van der Waals surface area contributed by atoms with Gasteiger partial charge in [-0.15, -0.1) is 0 Å². The average molecular weight is 371 g/mol. The zero-order valence-electron chi connectivity index (χ0n) is 12.5. The number of carbonyl (C=O) groups is 1. The Kier molecular flexibility index (Phi) is 4.52. The van der Waals surface area contributed by atoms with Crippen molar-refractivity contribution < 1.29 is 4.79 Å². The summed E-state index contributed by atoms with van der Waals surface area (Å²) < 4.78 is 2.57. The van der Waals surface area contributed by atoms with Gasteiger partial charge in [-0.3, -0.25) is 4.79 Å². The smallest absolute Gasteiger partial charge is 0.251 e. The van der Waals surface area contributed by atoms with Gasteiger partial charge in [0, 0.05) is 10.0 Å². The lowest BCUT2D eigenvalue weighted by atomic mass is 10.1. The maximum atomic E-state index is 12.3. The number of carbonyl (C=O) groups excluding carboxylic acids is 1. The lowest BCUT2D eigenvalue weighted by Crippen LogP contribution is -2.26. The van der Waals surface area contributed by atoms with Crippen molar-refractivity contribution in [2.45, 2.75) is 13.0 Å². The molecule has 3 rings (SSSR count). The monoisotopic (exact) mass is 370 g/mol. The van der Waals surface area contributed by atoms with E-state index >= 15 is 0 Å². The van der Waals surface area contributed by atoms with Crippen LogP contribution >= 0.6 is 15.9 Å². The standard InChI is InChI=1S/C17H15BrN4O/c1-12(21-17(23)14-3-2-4-15(18)9-14)13-5-7-16(8-6-13)22-11-19-10-20-22/h2-12H,1H3,(H,21,23)/t12-/m0/s1. The summed E-state index contributed by atoms with van der Waals surface area (Å²) in [6.45, 7) is 1.96. The second-order valence-electron chi connectivity index (χ2n) is 5.14. The molecule has 1 amide bonds. The van der Waals surface area contributed by atoms with Gasteiger partial charge in [-0.2, -0.15) is 5.10 Å². The summed E-state index contributed by atoms with van der Waals surface area (Å²) >= 11 is 3.38. The first-order valence-electron chi connectivity index (χ1n) is 7.15. The van der Waals surface area contributed by atoms with E-state index in [1.165, 1.54) is 6.33 Å². The second kappa shape index (κ2) is 6.75. The predicted octanol–water partition coefficient (Wildman–Crippen LogP) is 3.52. The Morgan fingerprint density at radius 2 is 2.00 bits per heavy atom. The molecular weight excluding hydrogens is 356 g/mol. The predicted molar refractivity (Wildman–Crippen MR) is 91.4 cm³/mol. The molecule has 1 aromatic heterocycles. The number of hydrogen-bond donors (Lipinski definition) is 1. The van der Waals surface area contributed by atoms with Crippen LogP contribution < -0.4 is 5.32 Å². The molecule has 0 saturated carbocycles. The molecular formula is C17H15BrN4O. The molecule has 0 aliphatic rings. The fourth-order valence-electron chi connectivity index (χ4n) is 2.25. The fraction of sp³-hybridized carbons (Fsp3) is 0.118. The van der Waals surface area contributed by atoms with E-state index in [0.717, 1.165) is 15.7 Å². The van der Waals surface area contributed by atoms with Crippen LogP contribution in [0.1, 0.15) is 28.9 Å². The molecule has 116 valence electrons. The van der Waals surface area contributed by atoms with Crippen LogP contribution in [0, 0.1) is 0 Å². The number of nitrogens with zero attached hydrogens (tertiary/aromatic N) is 3. The highest BCUT2D eigenvalue weighted by Gasteiger charge is 2.12. The zero-order chi connectivity index (χ0) is 16.2. The van der Waals surface area contributed by atoms with Crippen LogP contribution in [-0.4, -0.2) is 20.7 Å². The number of amides is 1. The van der Waals surface area contributed by atoms with Crippen molar-refractivity contribution >= 4 is 21.8 Å². The van der Waals surface area contributed by atoms with Crippen LogP contribution in [-0.2, 0) is 0 Å². The summed E-state index contributed by atoms with van der Waals surface area (Å²) in [5.41, 5.74) is 2.58. The van der Waals surface area contributed by atoms with Gasteiger partial charge in [0.05, 0.1) is 11.7 Å². The molecule has 1 N–H and O–H groups in total. The van der Waals surface area contributed by atoms with Gasteiger partial charge in [0.1, 0.15) is 12.7 Å². The van der Waals surface area contributed by atoms with E-state index in [0.29, 0.717) is 5.56 Å². The van der Waals surface area contributed by atoms with Gasteiger partial charge in [-0.1, -0.05) is 34.1 Å². The molecule has 0 aliphatic heterocycles. The number of halogens is 1. The van der Waals surface area contributed by atoms with Gasteiger partial charge in [-0.25, -0.2) is 9.67 Å². The topological polar surface area (TPSA) is 59.8 Å². The van der Waals surface area contributed by atoms with Gasteiger partial charge in [0.15, 0.2) is 0 Å². The average Bonchev–Trinajstić information content (AvgIpc) is 3.09. The Hall–Kier alpha value is -2.47. The van der Waals surface area contributed by atoms with Crippen molar-refractivity contribution in [3.8, 4) is 5.69 Å². The third-order valence-electron chi connectivity index (χ3n) is 3.51. The van der Waals surface area contributed by atoms with Gasteiger partial charge < -0.3 is 5.32 Å². The minimum atomic E-state index is -0.0980. The Morgan fingerprint density at radius 3 is 2.65 bits per heavy atom. The molecule has 0 radical (unpaired) electrons. The van der Waals surface area contributed by atoms with Crippen LogP contribution in [0.5, 0.6) is 0 Å². The first kappa shape index (κ1) is 15.4. The SMILES string of the molecule is C[C@H](NC(=O)c1cccc(Br)c1)c1ccc(-n2cncn2)cc1. The minimum Gasteiger partial charge on any atom is -0.346 e. The largest absolute Gasteiger partial charge is 0.346 e. The van der Waals surface area contributed by atoms with E-state index in [1.54, 1.807) is 23.1 Å². The molecule has 0 fully saturated rings. The Balaban J connectivity index is 1.70. The zero-order valence-corrected chi connectivity index (χ0v) is 14.1. The van der Waals surface area contributed by atoms with E-state index in [1.807, 2.05) is 43.3 Å². The van der Waals surface area contributed by atoms with E-state index in [9.17, 15) is 4.79 Å². The Morgan fingerprint density at radius 1 is 1.22 bits per heavy atom. The molecule has 3 aromatic rings. The second-order valence-corrected chi connectivity index (χ2v) is 6.05. The quantitative estimate of drug-likeness (QED) is 0.764. The van der Waals surface area contributed by atoms with E-state index in [-0.39, 0.29) is 11.9 Å². The summed E-state index contributed by atoms with van der Waals surface area (Å²) in [6, 6.07) is 15.1. The number of hydrogen-bond acceptors (Lipinski definition) is 3. The molecule has 0 unspecified atom stereocenters. The van der Waals surface area contributed by atoms with Crippen molar-refractivity contribution in [3.05, 3.63) is 76.8 Å². The van der Waals surface area contributed by atoms with Crippen molar-refractivity contribution in [1.82, 2.24) is 20.1 Å². The summed E-state index contributed by atoms with van der Waals surface area (Å²) in [5, 5.41) is 7.09. The molecule has 1 atom stereocenters. The fourth-order valence-corrected chi connectivity index (χ4v) is 2.65. The van der Waals surface area contributed by atoms with Crippen molar-refractivity contribution in [1.29, 1.82) is 0 Å². The molecule has 0 spiro atoms. The summed E-state index contributed by atoms with van der Waals surface area (Å²) in [7, 11) is 0. The van der Waals surface area contributed by atoms with Gasteiger partial charge >= 0.3 is 0 Å². The summed E-state index contributed by atoms with van der Waals surface area (Å²) in [5.74, 6) is -0.0980. The van der Waals surface area contributed by atoms with Crippen LogP contribution in [0.15, 0.2) is 65.7 Å². The minimum absolute atomic E-state index is 0.0914. The lowest BCUT2D eigenvalue weighted by Gasteiger charge is -2.15. The van der Waals surface area contributed by atoms with E-state index in [4.69, 9.17) is 0 Å². The molecule has 0 saturated heterocycles. The highest BCUT2D eigenvalue weighted by atomic mass is 79.9. The number of nitrogens with one attached hydrogen (secondary N) is 1. The molecule has 5 nitrogen and oxygen atoms in total. The van der Waals surface area contributed by atoms with E-state index < -0.39 is 0 Å². The highest BCUT2D eigenvalue weighted by molar-refractivity contribution is 9.10. The van der Waals surface area contributed by atoms with E-state index in [2.05, 4.69) is 31.3 Å². The lowest BCUT2D eigenvalue weighted by molar-refractivity contribution is 0.0940. The maximum Gasteiger partial charge on any atom is 0.251 e. The number of benzene rings is 2. The molecule has 1 heterocycles. The molecule has 23 heavy (non-hydrogen) atoms. The number of aromatic nitrogens is 3. The van der Waals surface area contributed by atoms with Crippen LogP contribution in [0.2, 0.25) is 0 Å². The summed E-state index contributed by atoms with van der Waals surface area (Å²) in [6.07, 6.45) is 3.14. The van der Waals surface area contributed by atoms with Crippen LogP contribution in [0.25, 0.3) is 5.69 Å². The normalized spacial score (nSPS) is 11.9. The van der Waals surface area contributed by atoms with Gasteiger partial charge in [0.2, 0.25) is 0 Å². The third-order valence-corrected chi connectivity index (χ3v) is 4.00. The van der Waals surface area contributed by atoms with Gasteiger partial charge in [-0.05, 0) is 42.8 Å². The Labute approximate surface area is 142 Å². The summed E-state index contributed by atoms with van der Waals surface area (Å²) in [4.78, 5) is 16.2. The van der Waals surface area contributed by atoms with Gasteiger partial charge in [0.25, 0.3) is 5.91 Å². The molecule has 0 bridgehead atoms. The molecule has 2 aromatic carbocycles. The first-order valence-corrected chi connectivity index (χ1v) is 7.94. The van der Waals surface area contributed by atoms with Crippen molar-refractivity contribution in [2.75, 3.05) is 0 Å². The maximum absolute atomic E-state index is 12.3. The molecule has 0 aliphatic carbocycles. The van der Waals surface area contributed by atoms with Crippen LogP contribution in [0.3, 0.4) is 0 Å². The first-order chi connectivity index (χ1) is 11.1. The number of rotatable bonds is 4. The Bertz CT molecular complexity index is 800. The van der Waals surface area contributed by atoms with Crippen molar-refractivity contribution in [3.63, 3.8) is 0 Å². The van der Waals surface area contributed by atoms with Crippen LogP contribution in [0.4, 0.5) is 0 Å².